The van der Waals surface area contributed by atoms with Crippen molar-refractivity contribution in [3.63, 3.8) is 0 Å². The van der Waals surface area contributed by atoms with Crippen molar-refractivity contribution in [1.29, 1.82) is 0 Å². The molecule has 0 aliphatic carbocycles. The summed E-state index contributed by atoms with van der Waals surface area (Å²) in [6.45, 7) is 1.60. The molecule has 2 amide bonds. The summed E-state index contributed by atoms with van der Waals surface area (Å²) in [6, 6.07) is 10.2. The van der Waals surface area contributed by atoms with Crippen LogP contribution >= 0.6 is 11.6 Å². The fourth-order valence-electron chi connectivity index (χ4n) is 2.25. The van der Waals surface area contributed by atoms with Gasteiger partial charge in [-0.1, -0.05) is 17.7 Å². The molecule has 0 fully saturated rings. The molecule has 0 aromatic heterocycles. The number of benzene rings is 2. The normalized spacial score (nSPS) is 10.1. The number of hydrogen-bond donors (Lipinski definition) is 2. The number of carbonyl (C=O) groups is 2. The number of amides is 2. The van der Waals surface area contributed by atoms with Crippen LogP contribution in [0.15, 0.2) is 36.4 Å². The van der Waals surface area contributed by atoms with Gasteiger partial charge in [0.05, 0.1) is 20.6 Å². The molecule has 8 heteroatoms. The zero-order chi connectivity index (χ0) is 19.8. The van der Waals surface area contributed by atoms with E-state index in [0.29, 0.717) is 27.8 Å². The molecule has 0 aliphatic heterocycles. The fraction of sp³-hybridized carbons (Fsp3) is 0.263. The number of methoxy groups -OCH3 is 2. The first-order valence-corrected chi connectivity index (χ1v) is 8.48. The molecule has 0 saturated carbocycles. The average Bonchev–Trinajstić information content (AvgIpc) is 2.67. The highest BCUT2D eigenvalue weighted by molar-refractivity contribution is 6.31. The van der Waals surface area contributed by atoms with Gasteiger partial charge in [-0.2, -0.15) is 0 Å². The van der Waals surface area contributed by atoms with E-state index in [4.69, 9.17) is 25.8 Å². The zero-order valence-corrected chi connectivity index (χ0v) is 16.1. The predicted molar refractivity (Wildman–Crippen MR) is 101 cm³/mol. The largest absolute Gasteiger partial charge is 0.493 e. The first-order valence-electron chi connectivity index (χ1n) is 8.10. The van der Waals surface area contributed by atoms with Gasteiger partial charge in [-0.3, -0.25) is 20.4 Å². The van der Waals surface area contributed by atoms with Crippen LogP contribution in [0, 0.1) is 6.92 Å². The Bertz CT molecular complexity index is 826. The van der Waals surface area contributed by atoms with E-state index in [9.17, 15) is 9.59 Å². The van der Waals surface area contributed by atoms with Crippen LogP contribution in [0.25, 0.3) is 0 Å². The fourth-order valence-corrected chi connectivity index (χ4v) is 2.37. The van der Waals surface area contributed by atoms with E-state index in [1.165, 1.54) is 14.2 Å². The number of rotatable bonds is 7. The molecule has 2 aromatic rings. The molecule has 144 valence electrons. The van der Waals surface area contributed by atoms with Crippen molar-refractivity contribution < 1.29 is 23.8 Å². The van der Waals surface area contributed by atoms with Gasteiger partial charge in [0.2, 0.25) is 5.91 Å². The van der Waals surface area contributed by atoms with Crippen molar-refractivity contribution in [1.82, 2.24) is 10.9 Å². The Balaban J connectivity index is 1.79. The molecule has 27 heavy (non-hydrogen) atoms. The lowest BCUT2D eigenvalue weighted by atomic mass is 10.1. The second-order valence-electron chi connectivity index (χ2n) is 5.66. The van der Waals surface area contributed by atoms with E-state index in [1.807, 2.05) is 6.92 Å². The number of carbonyl (C=O) groups excluding carboxylic acids is 2. The van der Waals surface area contributed by atoms with Crippen LogP contribution in [0.2, 0.25) is 5.02 Å². The maximum Gasteiger partial charge on any atom is 0.276 e. The minimum atomic E-state index is -0.483. The lowest BCUT2D eigenvalue weighted by Gasteiger charge is -2.11. The smallest absolute Gasteiger partial charge is 0.276 e. The Hall–Kier alpha value is -2.93. The molecular weight excluding hydrogens is 372 g/mol. The van der Waals surface area contributed by atoms with E-state index in [1.54, 1.807) is 36.4 Å². The van der Waals surface area contributed by atoms with Crippen LogP contribution in [0.1, 0.15) is 11.1 Å². The quantitative estimate of drug-likeness (QED) is 0.707. The first-order chi connectivity index (χ1) is 12.9. The highest BCUT2D eigenvalue weighted by atomic mass is 35.5. The molecular formula is C19H21ClN2O5. The van der Waals surface area contributed by atoms with Gasteiger partial charge in [-0.25, -0.2) is 0 Å². The van der Waals surface area contributed by atoms with Crippen molar-refractivity contribution >= 4 is 23.4 Å². The standard InChI is InChI=1S/C19H21ClN2O5/c1-12-8-14(5-6-15(12)20)27-11-19(24)22-21-18(23)10-13-4-7-16(25-2)17(9-13)26-3/h4-9H,10-11H2,1-3H3,(H,21,23)(H,22,24). The topological polar surface area (TPSA) is 85.9 Å². The highest BCUT2D eigenvalue weighted by Gasteiger charge is 2.10. The van der Waals surface area contributed by atoms with Gasteiger partial charge >= 0.3 is 0 Å². The predicted octanol–water partition coefficient (Wildman–Crippen LogP) is 2.43. The van der Waals surface area contributed by atoms with E-state index in [0.717, 1.165) is 5.56 Å². The van der Waals surface area contributed by atoms with Crippen molar-refractivity contribution in [2.45, 2.75) is 13.3 Å². The molecule has 0 unspecified atom stereocenters. The van der Waals surface area contributed by atoms with Crippen molar-refractivity contribution in [2.75, 3.05) is 20.8 Å². The molecule has 0 radical (unpaired) electrons. The number of halogens is 1. The highest BCUT2D eigenvalue weighted by Crippen LogP contribution is 2.27. The Kier molecular flexibility index (Phi) is 7.31. The van der Waals surface area contributed by atoms with Crippen LogP contribution in [0.5, 0.6) is 17.2 Å². The molecule has 2 aromatic carbocycles. The maximum absolute atomic E-state index is 12.0. The van der Waals surface area contributed by atoms with E-state index >= 15 is 0 Å². The van der Waals surface area contributed by atoms with Gasteiger partial charge in [0.1, 0.15) is 5.75 Å². The molecule has 0 atom stereocenters. The number of hydrazine groups is 1. The van der Waals surface area contributed by atoms with Crippen molar-refractivity contribution in [3.05, 3.63) is 52.5 Å². The summed E-state index contributed by atoms with van der Waals surface area (Å²) in [5.41, 5.74) is 6.21. The van der Waals surface area contributed by atoms with Crippen LogP contribution in [-0.4, -0.2) is 32.6 Å². The number of hydrogen-bond acceptors (Lipinski definition) is 5. The summed E-state index contributed by atoms with van der Waals surface area (Å²) in [5.74, 6) is 0.757. The second kappa shape index (κ2) is 9.68. The third-order valence-electron chi connectivity index (χ3n) is 3.65. The summed E-state index contributed by atoms with van der Waals surface area (Å²) >= 11 is 5.93. The van der Waals surface area contributed by atoms with E-state index in [-0.39, 0.29) is 18.9 Å². The molecule has 0 bridgehead atoms. The molecule has 7 nitrogen and oxygen atoms in total. The van der Waals surface area contributed by atoms with Gasteiger partial charge in [-0.05, 0) is 48.4 Å². The summed E-state index contributed by atoms with van der Waals surface area (Å²) in [7, 11) is 3.05. The van der Waals surface area contributed by atoms with Crippen molar-refractivity contribution in [2.24, 2.45) is 0 Å². The molecule has 0 heterocycles. The summed E-state index contributed by atoms with van der Waals surface area (Å²) in [4.78, 5) is 23.8. The maximum atomic E-state index is 12.0. The SMILES string of the molecule is COc1ccc(CC(=O)NNC(=O)COc2ccc(Cl)c(C)c2)cc1OC. The van der Waals surface area contributed by atoms with Crippen LogP contribution < -0.4 is 25.1 Å². The third kappa shape index (κ3) is 6.07. The van der Waals surface area contributed by atoms with Gasteiger partial charge in [0.15, 0.2) is 18.1 Å². The van der Waals surface area contributed by atoms with Crippen molar-refractivity contribution in [3.8, 4) is 17.2 Å². The first kappa shape index (κ1) is 20.4. The number of aryl methyl sites for hydroxylation is 1. The lowest BCUT2D eigenvalue weighted by molar-refractivity contribution is -0.129. The van der Waals surface area contributed by atoms with Gasteiger partial charge < -0.3 is 14.2 Å². The third-order valence-corrected chi connectivity index (χ3v) is 4.08. The van der Waals surface area contributed by atoms with Gasteiger partial charge in [0, 0.05) is 5.02 Å². The Morgan fingerprint density at radius 3 is 2.33 bits per heavy atom. The lowest BCUT2D eigenvalue weighted by Crippen LogP contribution is -2.44. The van der Waals surface area contributed by atoms with Gasteiger partial charge in [0.25, 0.3) is 5.91 Å². The van der Waals surface area contributed by atoms with Crippen LogP contribution in [-0.2, 0) is 16.0 Å². The molecule has 2 N–H and O–H groups in total. The summed E-state index contributed by atoms with van der Waals surface area (Å²) < 4.78 is 15.7. The Morgan fingerprint density at radius 1 is 0.963 bits per heavy atom. The number of nitrogens with one attached hydrogen (secondary N) is 2. The molecule has 0 saturated heterocycles. The van der Waals surface area contributed by atoms with Gasteiger partial charge in [-0.15, -0.1) is 0 Å². The second-order valence-corrected chi connectivity index (χ2v) is 6.07. The average molecular weight is 393 g/mol. The van der Waals surface area contributed by atoms with E-state index < -0.39 is 5.91 Å². The molecule has 0 spiro atoms. The Labute approximate surface area is 162 Å². The summed E-state index contributed by atoms with van der Waals surface area (Å²) in [5, 5.41) is 0.620. The monoisotopic (exact) mass is 392 g/mol. The van der Waals surface area contributed by atoms with Crippen LogP contribution in [0.4, 0.5) is 0 Å². The minimum Gasteiger partial charge on any atom is -0.493 e. The van der Waals surface area contributed by atoms with E-state index in [2.05, 4.69) is 10.9 Å². The minimum absolute atomic E-state index is 0.0673. The zero-order valence-electron chi connectivity index (χ0n) is 15.3. The van der Waals surface area contributed by atoms with Crippen LogP contribution in [0.3, 0.4) is 0 Å². The number of ether oxygens (including phenoxy) is 3. The molecule has 0 aliphatic rings. The molecule has 2 rings (SSSR count). The Morgan fingerprint density at radius 2 is 1.67 bits per heavy atom. The summed E-state index contributed by atoms with van der Waals surface area (Å²) in [6.07, 6.45) is 0.0673.